The molecular formula is C24H27Cl2NO4. The van der Waals surface area contributed by atoms with Gasteiger partial charge in [-0.2, -0.15) is 0 Å². The predicted octanol–water partition coefficient (Wildman–Crippen LogP) is 6.06. The minimum absolute atomic E-state index is 0.0526. The monoisotopic (exact) mass is 463 g/mol. The Morgan fingerprint density at radius 1 is 1.19 bits per heavy atom. The van der Waals surface area contributed by atoms with Crippen molar-refractivity contribution < 1.29 is 18.8 Å². The highest BCUT2D eigenvalue weighted by molar-refractivity contribution is 6.39. The summed E-state index contributed by atoms with van der Waals surface area (Å²) in [5.41, 5.74) is 1.74. The van der Waals surface area contributed by atoms with Crippen molar-refractivity contribution in [1.29, 1.82) is 0 Å². The Morgan fingerprint density at radius 2 is 1.94 bits per heavy atom. The molecule has 31 heavy (non-hydrogen) atoms. The Kier molecular flexibility index (Phi) is 5.66. The van der Waals surface area contributed by atoms with Crippen molar-refractivity contribution in [2.75, 3.05) is 13.7 Å². The third-order valence-corrected chi connectivity index (χ3v) is 7.85. The highest BCUT2D eigenvalue weighted by atomic mass is 35.5. The summed E-state index contributed by atoms with van der Waals surface area (Å²) in [6, 6.07) is 5.42. The molecule has 4 atom stereocenters. The summed E-state index contributed by atoms with van der Waals surface area (Å²) >= 11 is 13.0. The number of hydrogen-bond donors (Lipinski definition) is 0. The summed E-state index contributed by atoms with van der Waals surface area (Å²) in [7, 11) is 1.69. The van der Waals surface area contributed by atoms with E-state index in [-0.39, 0.29) is 11.8 Å². The van der Waals surface area contributed by atoms with Gasteiger partial charge in [-0.05, 0) is 50.2 Å². The van der Waals surface area contributed by atoms with E-state index in [1.54, 1.807) is 19.2 Å². The third-order valence-electron chi connectivity index (χ3n) is 7.22. The van der Waals surface area contributed by atoms with E-state index in [2.05, 4.69) is 12.1 Å². The summed E-state index contributed by atoms with van der Waals surface area (Å²) < 4.78 is 18.0. The first-order chi connectivity index (χ1) is 14.9. The molecule has 3 saturated carbocycles. The van der Waals surface area contributed by atoms with Gasteiger partial charge in [-0.15, -0.1) is 0 Å². The first kappa shape index (κ1) is 21.4. The number of ketones is 1. The third kappa shape index (κ3) is 3.84. The molecule has 0 spiro atoms. The minimum Gasteiger partial charge on any atom is -0.382 e. The number of benzene rings is 1. The second-order valence-electron chi connectivity index (χ2n) is 9.48. The molecule has 1 aromatic heterocycles. The molecule has 2 aromatic rings. The zero-order valence-corrected chi connectivity index (χ0v) is 19.3. The van der Waals surface area contributed by atoms with E-state index >= 15 is 0 Å². The molecule has 0 saturated heterocycles. The van der Waals surface area contributed by atoms with Gasteiger partial charge in [-0.1, -0.05) is 41.3 Å². The molecule has 0 amide bonds. The van der Waals surface area contributed by atoms with Crippen LogP contribution in [0.15, 0.2) is 22.7 Å². The molecular weight excluding hydrogens is 437 g/mol. The zero-order chi connectivity index (χ0) is 21.8. The van der Waals surface area contributed by atoms with Crippen molar-refractivity contribution in [1.82, 2.24) is 5.16 Å². The molecule has 0 N–H and O–H groups in total. The molecule has 3 aliphatic rings. The Bertz CT molecular complexity index is 981. The van der Waals surface area contributed by atoms with Crippen LogP contribution in [-0.4, -0.2) is 30.3 Å². The molecule has 0 aliphatic heterocycles. The Morgan fingerprint density at radius 3 is 2.58 bits per heavy atom. The molecule has 1 heterocycles. The fraction of sp³-hybridized carbons (Fsp3) is 0.583. The second-order valence-corrected chi connectivity index (χ2v) is 10.3. The van der Waals surface area contributed by atoms with Crippen molar-refractivity contribution in [3.63, 3.8) is 0 Å². The number of methoxy groups -OCH3 is 1. The van der Waals surface area contributed by atoms with Gasteiger partial charge >= 0.3 is 0 Å². The number of carbonyl (C=O) groups is 1. The van der Waals surface area contributed by atoms with Gasteiger partial charge in [0.25, 0.3) is 0 Å². The number of halogens is 2. The van der Waals surface area contributed by atoms with Crippen LogP contribution in [0.3, 0.4) is 0 Å². The Balaban J connectivity index is 1.47. The quantitative estimate of drug-likeness (QED) is 0.498. The van der Waals surface area contributed by atoms with Crippen LogP contribution in [0, 0.1) is 17.8 Å². The number of carbonyl (C=O) groups excluding carboxylic acids is 1. The van der Waals surface area contributed by atoms with E-state index in [9.17, 15) is 4.79 Å². The van der Waals surface area contributed by atoms with Crippen LogP contribution in [0.5, 0.6) is 0 Å². The summed E-state index contributed by atoms with van der Waals surface area (Å²) in [6.07, 6.45) is 4.50. The molecule has 7 heteroatoms. The smallest absolute Gasteiger partial charge is 0.145 e. The van der Waals surface area contributed by atoms with Crippen LogP contribution < -0.4 is 0 Å². The highest BCUT2D eigenvalue weighted by Gasteiger charge is 2.53. The van der Waals surface area contributed by atoms with Gasteiger partial charge < -0.3 is 14.0 Å². The van der Waals surface area contributed by atoms with Crippen molar-refractivity contribution >= 4 is 29.0 Å². The topological polar surface area (TPSA) is 61.6 Å². The maximum absolute atomic E-state index is 12.6. The second kappa shape index (κ2) is 8.18. The molecule has 2 bridgehead atoms. The summed E-state index contributed by atoms with van der Waals surface area (Å²) in [5.74, 6) is 2.14. The predicted molar refractivity (Wildman–Crippen MR) is 118 cm³/mol. The SMILES string of the molecule is COCC1(OCc2c(-c3c(Cl)cccc3Cl)noc2C2CC2)CC2CC(C)C(C1)C2=O. The van der Waals surface area contributed by atoms with Crippen LogP contribution in [0.25, 0.3) is 11.3 Å². The molecule has 1 aromatic carbocycles. The zero-order valence-electron chi connectivity index (χ0n) is 17.8. The lowest BCUT2D eigenvalue weighted by atomic mass is 9.76. The van der Waals surface area contributed by atoms with Crippen molar-refractivity contribution in [3.8, 4) is 11.3 Å². The number of fused-ring (bicyclic) bond motifs is 2. The fourth-order valence-corrected chi connectivity index (χ4v) is 6.12. The van der Waals surface area contributed by atoms with E-state index in [1.165, 1.54) is 0 Å². The van der Waals surface area contributed by atoms with E-state index in [1.807, 2.05) is 6.07 Å². The maximum Gasteiger partial charge on any atom is 0.145 e. The first-order valence-corrected chi connectivity index (χ1v) is 11.8. The van der Waals surface area contributed by atoms with Gasteiger partial charge in [0.05, 0.1) is 28.9 Å². The van der Waals surface area contributed by atoms with Crippen molar-refractivity contribution in [2.45, 2.75) is 57.2 Å². The maximum atomic E-state index is 12.6. The molecule has 0 radical (unpaired) electrons. The Labute approximate surface area is 192 Å². The molecule has 4 unspecified atom stereocenters. The van der Waals surface area contributed by atoms with Crippen molar-refractivity contribution in [2.24, 2.45) is 17.8 Å². The van der Waals surface area contributed by atoms with Crippen LogP contribution >= 0.6 is 23.2 Å². The molecule has 3 aliphatic carbocycles. The molecule has 3 fully saturated rings. The van der Waals surface area contributed by atoms with E-state index in [4.69, 9.17) is 37.2 Å². The average Bonchev–Trinajstić information content (AvgIpc) is 3.46. The van der Waals surface area contributed by atoms with Gasteiger partial charge in [0.1, 0.15) is 17.2 Å². The molecule has 5 nitrogen and oxygen atoms in total. The lowest BCUT2D eigenvalue weighted by Gasteiger charge is -2.39. The van der Waals surface area contributed by atoms with Gasteiger partial charge in [0, 0.05) is 36.0 Å². The van der Waals surface area contributed by atoms with Gasteiger partial charge in [0.2, 0.25) is 0 Å². The lowest BCUT2D eigenvalue weighted by molar-refractivity contribution is -0.152. The number of hydrogen-bond acceptors (Lipinski definition) is 5. The van der Waals surface area contributed by atoms with E-state index < -0.39 is 5.60 Å². The summed E-state index contributed by atoms with van der Waals surface area (Å²) in [6.45, 7) is 2.97. The van der Waals surface area contributed by atoms with E-state index in [0.717, 1.165) is 30.6 Å². The minimum atomic E-state index is -0.484. The van der Waals surface area contributed by atoms with Gasteiger partial charge in [-0.3, -0.25) is 4.79 Å². The number of ether oxygens (including phenoxy) is 2. The normalized spacial score (nSPS) is 30.2. The number of aromatic nitrogens is 1. The van der Waals surface area contributed by atoms with Gasteiger partial charge in [-0.25, -0.2) is 0 Å². The van der Waals surface area contributed by atoms with Crippen LogP contribution in [0.2, 0.25) is 10.0 Å². The standard InChI is InChI=1S/C24H27Cl2NO4/c1-13-8-15-9-24(12-29-2,10-16(13)22(15)28)30-11-17-21(27-31-23(17)14-6-7-14)20-18(25)4-3-5-19(20)26/h3-5,13-16H,6-12H2,1-2H3. The van der Waals surface area contributed by atoms with Crippen LogP contribution in [0.4, 0.5) is 0 Å². The fourth-order valence-electron chi connectivity index (χ4n) is 5.55. The highest BCUT2D eigenvalue weighted by Crippen LogP contribution is 2.50. The number of Topliss-reactive ketones (excluding diaryl/α,β-unsaturated/α-hetero) is 1. The van der Waals surface area contributed by atoms with Crippen LogP contribution in [0.1, 0.15) is 56.3 Å². The summed E-state index contributed by atoms with van der Waals surface area (Å²) in [5, 5.41) is 5.43. The Hall–Kier alpha value is -1.40. The lowest BCUT2D eigenvalue weighted by Crippen LogP contribution is -2.46. The molecule has 5 rings (SSSR count). The largest absolute Gasteiger partial charge is 0.382 e. The summed E-state index contributed by atoms with van der Waals surface area (Å²) in [4.78, 5) is 12.6. The number of rotatable bonds is 7. The first-order valence-electron chi connectivity index (χ1n) is 11.0. The van der Waals surface area contributed by atoms with Gasteiger partial charge in [0.15, 0.2) is 0 Å². The average molecular weight is 464 g/mol. The molecule has 166 valence electrons. The van der Waals surface area contributed by atoms with E-state index in [0.29, 0.717) is 65.0 Å². The van der Waals surface area contributed by atoms with Crippen molar-refractivity contribution in [3.05, 3.63) is 39.6 Å². The number of nitrogens with zero attached hydrogens (tertiary/aromatic N) is 1. The van der Waals surface area contributed by atoms with Crippen LogP contribution in [-0.2, 0) is 20.9 Å².